The smallest absolute Gasteiger partial charge is 0.120 e. The van der Waals surface area contributed by atoms with Crippen LogP contribution >= 0.6 is 0 Å². The van der Waals surface area contributed by atoms with Gasteiger partial charge in [0.1, 0.15) is 5.76 Å². The fraction of sp³-hybridized carbons (Fsp3) is 0.455. The average Bonchev–Trinajstić information content (AvgIpc) is 2.65. The van der Waals surface area contributed by atoms with Gasteiger partial charge in [0.15, 0.2) is 0 Å². The zero-order valence-corrected chi connectivity index (χ0v) is 8.13. The Morgan fingerprint density at radius 3 is 3.08 bits per heavy atom. The molecule has 1 aromatic heterocycles. The SMILES string of the molecule is CC#CCCNC(C)c1ccco1. The first-order valence-corrected chi connectivity index (χ1v) is 4.51. The molecule has 0 aliphatic carbocycles. The summed E-state index contributed by atoms with van der Waals surface area (Å²) in [6.45, 7) is 4.84. The van der Waals surface area contributed by atoms with Crippen LogP contribution in [0.4, 0.5) is 0 Å². The molecule has 0 aromatic carbocycles. The summed E-state index contributed by atoms with van der Waals surface area (Å²) in [5.74, 6) is 6.84. The molecule has 1 heterocycles. The highest BCUT2D eigenvalue weighted by Crippen LogP contribution is 2.11. The second kappa shape index (κ2) is 5.45. The molecule has 2 heteroatoms. The van der Waals surface area contributed by atoms with Gasteiger partial charge < -0.3 is 9.73 Å². The lowest BCUT2D eigenvalue weighted by Crippen LogP contribution is -2.18. The summed E-state index contributed by atoms with van der Waals surface area (Å²) in [7, 11) is 0. The predicted octanol–water partition coefficient (Wildman–Crippen LogP) is 2.34. The largest absolute Gasteiger partial charge is 0.468 e. The molecule has 70 valence electrons. The second-order valence-electron chi connectivity index (χ2n) is 2.87. The maximum Gasteiger partial charge on any atom is 0.120 e. The first-order chi connectivity index (χ1) is 6.34. The van der Waals surface area contributed by atoms with Crippen molar-refractivity contribution in [3.63, 3.8) is 0 Å². The van der Waals surface area contributed by atoms with Gasteiger partial charge in [0.25, 0.3) is 0 Å². The Balaban J connectivity index is 2.25. The monoisotopic (exact) mass is 177 g/mol. The Morgan fingerprint density at radius 2 is 2.46 bits per heavy atom. The molecule has 0 fully saturated rings. The molecular formula is C11H15NO. The van der Waals surface area contributed by atoms with E-state index >= 15 is 0 Å². The third kappa shape index (κ3) is 3.35. The number of furan rings is 1. The van der Waals surface area contributed by atoms with E-state index in [1.165, 1.54) is 0 Å². The van der Waals surface area contributed by atoms with E-state index in [0.717, 1.165) is 18.7 Å². The van der Waals surface area contributed by atoms with Gasteiger partial charge >= 0.3 is 0 Å². The van der Waals surface area contributed by atoms with Crippen molar-refractivity contribution in [2.45, 2.75) is 26.3 Å². The number of nitrogens with one attached hydrogen (secondary N) is 1. The van der Waals surface area contributed by atoms with Crippen molar-refractivity contribution in [3.05, 3.63) is 24.2 Å². The Bertz CT molecular complexity index is 279. The maximum absolute atomic E-state index is 5.25. The number of hydrogen-bond donors (Lipinski definition) is 1. The van der Waals surface area contributed by atoms with Gasteiger partial charge in [-0.2, -0.15) is 0 Å². The molecule has 1 rings (SSSR count). The minimum Gasteiger partial charge on any atom is -0.468 e. The second-order valence-corrected chi connectivity index (χ2v) is 2.87. The topological polar surface area (TPSA) is 25.2 Å². The van der Waals surface area contributed by atoms with Gasteiger partial charge in [-0.3, -0.25) is 0 Å². The minimum atomic E-state index is 0.272. The van der Waals surface area contributed by atoms with E-state index in [1.807, 2.05) is 19.1 Å². The lowest BCUT2D eigenvalue weighted by atomic mass is 10.2. The molecule has 0 radical (unpaired) electrons. The van der Waals surface area contributed by atoms with E-state index < -0.39 is 0 Å². The number of hydrogen-bond acceptors (Lipinski definition) is 2. The molecule has 2 nitrogen and oxygen atoms in total. The van der Waals surface area contributed by atoms with E-state index in [1.54, 1.807) is 6.26 Å². The third-order valence-electron chi connectivity index (χ3n) is 1.85. The van der Waals surface area contributed by atoms with Gasteiger partial charge in [-0.15, -0.1) is 11.8 Å². The molecule has 0 aliphatic heterocycles. The average molecular weight is 177 g/mol. The molecular weight excluding hydrogens is 162 g/mol. The van der Waals surface area contributed by atoms with Gasteiger partial charge in [0.05, 0.1) is 12.3 Å². The molecule has 1 aromatic rings. The van der Waals surface area contributed by atoms with E-state index in [0.29, 0.717) is 0 Å². The molecule has 0 amide bonds. The van der Waals surface area contributed by atoms with Gasteiger partial charge in [-0.25, -0.2) is 0 Å². The highest BCUT2D eigenvalue weighted by molar-refractivity contribution is 5.03. The van der Waals surface area contributed by atoms with Crippen molar-refractivity contribution in [2.24, 2.45) is 0 Å². The van der Waals surface area contributed by atoms with Crippen molar-refractivity contribution in [2.75, 3.05) is 6.54 Å². The molecule has 1 atom stereocenters. The summed E-state index contributed by atoms with van der Waals surface area (Å²) < 4.78 is 5.25. The molecule has 1 N–H and O–H groups in total. The summed E-state index contributed by atoms with van der Waals surface area (Å²) in [6, 6.07) is 4.15. The fourth-order valence-electron chi connectivity index (χ4n) is 1.11. The van der Waals surface area contributed by atoms with E-state index in [2.05, 4.69) is 24.1 Å². The molecule has 13 heavy (non-hydrogen) atoms. The Hall–Kier alpha value is -1.20. The van der Waals surface area contributed by atoms with Crippen LogP contribution < -0.4 is 5.32 Å². The number of rotatable bonds is 4. The van der Waals surface area contributed by atoms with Crippen molar-refractivity contribution in [3.8, 4) is 11.8 Å². The highest BCUT2D eigenvalue weighted by Gasteiger charge is 2.05. The summed E-state index contributed by atoms with van der Waals surface area (Å²) in [5.41, 5.74) is 0. The van der Waals surface area contributed by atoms with E-state index in [-0.39, 0.29) is 6.04 Å². The zero-order valence-electron chi connectivity index (χ0n) is 8.13. The van der Waals surface area contributed by atoms with Crippen molar-refractivity contribution >= 4 is 0 Å². The first-order valence-electron chi connectivity index (χ1n) is 4.51. The minimum absolute atomic E-state index is 0.272. The molecule has 0 spiro atoms. The van der Waals surface area contributed by atoms with Crippen LogP contribution in [0.2, 0.25) is 0 Å². The molecule has 0 bridgehead atoms. The third-order valence-corrected chi connectivity index (χ3v) is 1.85. The van der Waals surface area contributed by atoms with Gasteiger partial charge in [-0.05, 0) is 26.0 Å². The van der Waals surface area contributed by atoms with Crippen LogP contribution in [0.25, 0.3) is 0 Å². The van der Waals surface area contributed by atoms with Crippen LogP contribution in [0.1, 0.15) is 32.1 Å². The van der Waals surface area contributed by atoms with Crippen LogP contribution in [0, 0.1) is 11.8 Å². The summed E-state index contributed by atoms with van der Waals surface area (Å²) >= 11 is 0. The van der Waals surface area contributed by atoms with Crippen LogP contribution in [0.3, 0.4) is 0 Å². The van der Waals surface area contributed by atoms with Crippen molar-refractivity contribution in [1.82, 2.24) is 5.32 Å². The lowest BCUT2D eigenvalue weighted by molar-refractivity contribution is 0.434. The van der Waals surface area contributed by atoms with Crippen LogP contribution in [0.5, 0.6) is 0 Å². The van der Waals surface area contributed by atoms with Crippen molar-refractivity contribution in [1.29, 1.82) is 0 Å². The molecule has 0 aliphatic rings. The summed E-state index contributed by atoms with van der Waals surface area (Å²) in [6.07, 6.45) is 2.58. The Labute approximate surface area is 79.3 Å². The molecule has 1 unspecified atom stereocenters. The van der Waals surface area contributed by atoms with Crippen LogP contribution in [-0.2, 0) is 0 Å². The molecule has 0 saturated heterocycles. The standard InChI is InChI=1S/C11H15NO/c1-3-4-5-8-12-10(2)11-7-6-9-13-11/h6-7,9-10,12H,5,8H2,1-2H3. The van der Waals surface area contributed by atoms with E-state index in [9.17, 15) is 0 Å². The summed E-state index contributed by atoms with van der Waals surface area (Å²) in [5, 5.41) is 3.32. The highest BCUT2D eigenvalue weighted by atomic mass is 16.3. The Kier molecular flexibility index (Phi) is 4.14. The molecule has 0 saturated carbocycles. The normalized spacial score (nSPS) is 11.8. The van der Waals surface area contributed by atoms with Gasteiger partial charge in [-0.1, -0.05) is 0 Å². The summed E-state index contributed by atoms with van der Waals surface area (Å²) in [4.78, 5) is 0. The predicted molar refractivity (Wildman–Crippen MR) is 53.2 cm³/mol. The fourth-order valence-corrected chi connectivity index (χ4v) is 1.11. The maximum atomic E-state index is 5.25. The Morgan fingerprint density at radius 1 is 1.62 bits per heavy atom. The zero-order chi connectivity index (χ0) is 9.52. The van der Waals surface area contributed by atoms with Crippen LogP contribution in [-0.4, -0.2) is 6.54 Å². The van der Waals surface area contributed by atoms with Crippen molar-refractivity contribution < 1.29 is 4.42 Å². The van der Waals surface area contributed by atoms with E-state index in [4.69, 9.17) is 4.42 Å². The van der Waals surface area contributed by atoms with Gasteiger partial charge in [0.2, 0.25) is 0 Å². The first kappa shape index (κ1) is 9.88. The quantitative estimate of drug-likeness (QED) is 0.564. The lowest BCUT2D eigenvalue weighted by Gasteiger charge is -2.08. The van der Waals surface area contributed by atoms with Gasteiger partial charge in [0, 0.05) is 13.0 Å². The van der Waals surface area contributed by atoms with Crippen LogP contribution in [0.15, 0.2) is 22.8 Å².